The molecule has 3 aromatic rings. The van der Waals surface area contributed by atoms with E-state index in [1.807, 2.05) is 18.7 Å². The van der Waals surface area contributed by atoms with Gasteiger partial charge in [-0.05, 0) is 38.1 Å². The number of piperazine rings is 1. The summed E-state index contributed by atoms with van der Waals surface area (Å²) in [5.41, 5.74) is -0.363. The number of alkyl halides is 3. The zero-order valence-electron chi connectivity index (χ0n) is 24.2. The smallest absolute Gasteiger partial charge is 0.352 e. The van der Waals surface area contributed by atoms with Gasteiger partial charge in [-0.15, -0.1) is 23.1 Å². The van der Waals surface area contributed by atoms with E-state index in [0.717, 1.165) is 17.4 Å². The molecule has 4 heterocycles. The highest BCUT2D eigenvalue weighted by Crippen LogP contribution is 2.52. The predicted molar refractivity (Wildman–Crippen MR) is 169 cm³/mol. The number of hydrogen-bond acceptors (Lipinski definition) is 7. The lowest BCUT2D eigenvalue weighted by molar-refractivity contribution is -0.137. The van der Waals surface area contributed by atoms with Gasteiger partial charge in [-0.1, -0.05) is 18.2 Å². The minimum Gasteiger partial charge on any atom is -0.352 e. The fourth-order valence-corrected chi connectivity index (χ4v) is 8.52. The molecular weight excluding hydrogens is 633 g/mol. The molecule has 1 aromatic carbocycles. The average Bonchev–Trinajstić information content (AvgIpc) is 3.32. The molecule has 5 rings (SSSR count). The van der Waals surface area contributed by atoms with Gasteiger partial charge in [-0.3, -0.25) is 14.6 Å². The van der Waals surface area contributed by atoms with Gasteiger partial charge in [0, 0.05) is 89.1 Å². The Hall–Kier alpha value is -3.42. The van der Waals surface area contributed by atoms with Gasteiger partial charge in [0.2, 0.25) is 12.3 Å². The Morgan fingerprint density at radius 3 is 2.39 bits per heavy atom. The van der Waals surface area contributed by atoms with E-state index < -0.39 is 11.7 Å². The summed E-state index contributed by atoms with van der Waals surface area (Å²) in [5.74, 6) is 0.561. The van der Waals surface area contributed by atoms with E-state index in [2.05, 4.69) is 21.5 Å². The Morgan fingerprint density at radius 1 is 1.16 bits per heavy atom. The van der Waals surface area contributed by atoms with Crippen LogP contribution in [0.25, 0.3) is 10.4 Å². The van der Waals surface area contributed by atoms with E-state index in [1.54, 1.807) is 28.7 Å². The third-order valence-electron chi connectivity index (χ3n) is 7.69. The summed E-state index contributed by atoms with van der Waals surface area (Å²) in [4.78, 5) is 44.3. The molecule has 8 nitrogen and oxygen atoms in total. The Morgan fingerprint density at radius 2 is 1.84 bits per heavy atom. The number of carbonyl (C=O) groups excluding carboxylic acids is 2. The van der Waals surface area contributed by atoms with Gasteiger partial charge in [0.15, 0.2) is 0 Å². The van der Waals surface area contributed by atoms with Gasteiger partial charge in [0.25, 0.3) is 0 Å². The number of thiophene rings is 1. The van der Waals surface area contributed by atoms with Crippen LogP contribution in [-0.4, -0.2) is 82.4 Å². The second kappa shape index (κ2) is 12.9. The van der Waals surface area contributed by atoms with Crippen LogP contribution < -0.4 is 4.90 Å². The molecule has 232 valence electrons. The summed E-state index contributed by atoms with van der Waals surface area (Å²) in [6.07, 6.45) is 0.369. The normalized spacial score (nSPS) is 21.1. The topological polar surface area (TPSA) is 82.0 Å². The molecule has 3 unspecified atom stereocenters. The minimum absolute atomic E-state index is 0.0294. The number of aliphatic imine (C=N–C) groups is 1. The van der Waals surface area contributed by atoms with Gasteiger partial charge < -0.3 is 14.7 Å². The number of aromatic nitrogens is 2. The van der Waals surface area contributed by atoms with Crippen molar-refractivity contribution in [2.24, 2.45) is 4.99 Å². The molecule has 2 aliphatic rings. The highest BCUT2D eigenvalue weighted by atomic mass is 35.5. The largest absolute Gasteiger partial charge is 0.417 e. The number of rotatable bonds is 5. The van der Waals surface area contributed by atoms with Crippen molar-refractivity contribution >= 4 is 58.5 Å². The summed E-state index contributed by atoms with van der Waals surface area (Å²) in [7, 11) is 1.52. The van der Waals surface area contributed by atoms with Crippen LogP contribution in [0.3, 0.4) is 0 Å². The summed E-state index contributed by atoms with van der Waals surface area (Å²) in [5, 5.41) is 1.91. The van der Waals surface area contributed by atoms with Crippen LogP contribution in [0.15, 0.2) is 58.5 Å². The van der Waals surface area contributed by atoms with Crippen molar-refractivity contribution in [2.75, 3.05) is 37.3 Å². The standard InChI is InChI=1S/C30H30ClF3N6O2S2/c1-5-24(42)40-17(2)11-38(12-18(40)3)29(35-4)21-10-22(30(32,33)34)25(23-9-20(31)15-43-23)27-26(21)39(16-41)13-19(14-44-27)28-36-7-6-8-37-28/h5-10,15-19H,1,11-14H2,2-4H3. The fourth-order valence-electron chi connectivity index (χ4n) is 5.96. The average molecular weight is 663 g/mol. The Bertz CT molecular complexity index is 1590. The van der Waals surface area contributed by atoms with Crippen LogP contribution in [0, 0.1) is 0 Å². The first-order valence-corrected chi connectivity index (χ1v) is 16.0. The highest BCUT2D eigenvalue weighted by Gasteiger charge is 2.42. The number of thioether (sulfide) groups is 1. The van der Waals surface area contributed by atoms with Crippen molar-refractivity contribution in [1.82, 2.24) is 19.8 Å². The molecule has 0 spiro atoms. The Labute approximate surface area is 266 Å². The lowest BCUT2D eigenvalue weighted by Gasteiger charge is -2.45. The van der Waals surface area contributed by atoms with E-state index in [9.17, 15) is 22.8 Å². The van der Waals surface area contributed by atoms with E-state index in [1.165, 1.54) is 35.9 Å². The number of amides is 2. The molecule has 2 amide bonds. The number of anilines is 1. The number of hydrogen-bond donors (Lipinski definition) is 0. The van der Waals surface area contributed by atoms with Crippen molar-refractivity contribution in [2.45, 2.75) is 42.9 Å². The minimum atomic E-state index is -4.73. The van der Waals surface area contributed by atoms with Gasteiger partial charge in [-0.2, -0.15) is 13.2 Å². The summed E-state index contributed by atoms with van der Waals surface area (Å²) in [6.45, 7) is 8.15. The first-order chi connectivity index (χ1) is 21.0. The summed E-state index contributed by atoms with van der Waals surface area (Å²) >= 11 is 8.55. The molecule has 2 aliphatic heterocycles. The first-order valence-electron chi connectivity index (χ1n) is 13.8. The van der Waals surface area contributed by atoms with Crippen molar-refractivity contribution in [3.8, 4) is 10.4 Å². The SMILES string of the molecule is C=CC(=O)N1C(C)CN(C(=NC)c2cc(C(F)(F)F)c(-c3cc(Cl)cs3)c3c2N(C=O)CC(c2ncccn2)CS3)CC1C. The molecule has 0 N–H and O–H groups in total. The van der Waals surface area contributed by atoms with Crippen LogP contribution in [-0.2, 0) is 15.8 Å². The van der Waals surface area contributed by atoms with E-state index in [-0.39, 0.29) is 41.6 Å². The maximum absolute atomic E-state index is 15.0. The first kappa shape index (κ1) is 32.0. The van der Waals surface area contributed by atoms with Crippen LogP contribution in [0.1, 0.15) is 36.7 Å². The van der Waals surface area contributed by atoms with Gasteiger partial charge >= 0.3 is 6.18 Å². The number of nitrogens with zero attached hydrogens (tertiary/aromatic N) is 6. The maximum atomic E-state index is 15.0. The van der Waals surface area contributed by atoms with Crippen molar-refractivity contribution in [3.63, 3.8) is 0 Å². The van der Waals surface area contributed by atoms with E-state index in [4.69, 9.17) is 11.6 Å². The second-order valence-corrected chi connectivity index (χ2v) is 13.0. The quantitative estimate of drug-likeness (QED) is 0.140. The zero-order chi connectivity index (χ0) is 31.8. The molecular formula is C30H30ClF3N6O2S2. The Balaban J connectivity index is 1.73. The van der Waals surface area contributed by atoms with Crippen LogP contribution in [0.5, 0.6) is 0 Å². The molecule has 1 saturated heterocycles. The van der Waals surface area contributed by atoms with Crippen molar-refractivity contribution < 1.29 is 22.8 Å². The zero-order valence-corrected chi connectivity index (χ0v) is 26.6. The van der Waals surface area contributed by atoms with Gasteiger partial charge in [0.05, 0.1) is 16.3 Å². The number of carbonyl (C=O) groups is 2. The third kappa shape index (κ3) is 6.09. The fraction of sp³-hybridized carbons (Fsp3) is 0.367. The highest BCUT2D eigenvalue weighted by molar-refractivity contribution is 7.99. The number of amidine groups is 1. The number of benzene rings is 1. The number of halogens is 4. The van der Waals surface area contributed by atoms with E-state index in [0.29, 0.717) is 57.4 Å². The monoisotopic (exact) mass is 662 g/mol. The Kier molecular flexibility index (Phi) is 9.38. The molecule has 1 fully saturated rings. The molecule has 0 radical (unpaired) electrons. The van der Waals surface area contributed by atoms with Crippen LogP contribution in [0.4, 0.5) is 18.9 Å². The molecule has 0 aliphatic carbocycles. The summed E-state index contributed by atoms with van der Waals surface area (Å²) < 4.78 is 44.9. The molecule has 0 saturated carbocycles. The molecule has 44 heavy (non-hydrogen) atoms. The molecule has 3 atom stereocenters. The van der Waals surface area contributed by atoms with E-state index >= 15 is 0 Å². The lowest BCUT2D eigenvalue weighted by atomic mass is 9.96. The van der Waals surface area contributed by atoms with Crippen LogP contribution >= 0.6 is 34.7 Å². The predicted octanol–water partition coefficient (Wildman–Crippen LogP) is 6.21. The van der Waals surface area contributed by atoms with Gasteiger partial charge in [0.1, 0.15) is 11.7 Å². The summed E-state index contributed by atoms with van der Waals surface area (Å²) in [6, 6.07) is 3.74. The lowest BCUT2D eigenvalue weighted by Crippen LogP contribution is -2.59. The maximum Gasteiger partial charge on any atom is 0.417 e. The molecule has 14 heteroatoms. The van der Waals surface area contributed by atoms with Crippen molar-refractivity contribution in [3.05, 3.63) is 70.6 Å². The molecule has 0 bridgehead atoms. The third-order valence-corrected chi connectivity index (χ3v) is 10.2. The molecule has 2 aromatic heterocycles. The number of fused-ring (bicyclic) bond motifs is 1. The second-order valence-electron chi connectivity index (χ2n) is 10.6. The van der Waals surface area contributed by atoms with Gasteiger partial charge in [-0.25, -0.2) is 9.97 Å². The van der Waals surface area contributed by atoms with Crippen molar-refractivity contribution in [1.29, 1.82) is 0 Å². The van der Waals surface area contributed by atoms with Crippen LogP contribution in [0.2, 0.25) is 5.02 Å².